The minimum atomic E-state index is -0.641. The highest BCUT2D eigenvalue weighted by atomic mass is 16.3. The third-order valence-electron chi connectivity index (χ3n) is 5.34. The Bertz CT molecular complexity index is 482. The van der Waals surface area contributed by atoms with E-state index in [1.807, 2.05) is 0 Å². The van der Waals surface area contributed by atoms with Crippen LogP contribution in [0.15, 0.2) is 18.2 Å². The minimum Gasteiger partial charge on any atom is -0.385 e. The highest BCUT2D eigenvalue weighted by Crippen LogP contribution is 2.45. The van der Waals surface area contributed by atoms with Crippen LogP contribution >= 0.6 is 0 Å². The Labute approximate surface area is 129 Å². The van der Waals surface area contributed by atoms with Gasteiger partial charge < -0.3 is 10.4 Å². The summed E-state index contributed by atoms with van der Waals surface area (Å²) in [5.74, 6) is 0.908. The summed E-state index contributed by atoms with van der Waals surface area (Å²) in [7, 11) is 0. The van der Waals surface area contributed by atoms with E-state index >= 15 is 0 Å². The molecular formula is C19H29NO. The Morgan fingerprint density at radius 3 is 1.90 bits per heavy atom. The van der Waals surface area contributed by atoms with Gasteiger partial charge in [0.25, 0.3) is 0 Å². The quantitative estimate of drug-likeness (QED) is 0.879. The van der Waals surface area contributed by atoms with Crippen molar-refractivity contribution in [2.24, 2.45) is 0 Å². The summed E-state index contributed by atoms with van der Waals surface area (Å²) in [4.78, 5) is 0. The maximum Gasteiger partial charge on any atom is 0.0931 e. The molecule has 2 fully saturated rings. The van der Waals surface area contributed by atoms with E-state index in [4.69, 9.17) is 0 Å². The Hall–Kier alpha value is -0.860. The van der Waals surface area contributed by atoms with Gasteiger partial charge in [0.1, 0.15) is 0 Å². The molecule has 2 unspecified atom stereocenters. The van der Waals surface area contributed by atoms with Crippen LogP contribution < -0.4 is 5.32 Å². The van der Waals surface area contributed by atoms with Gasteiger partial charge in [0, 0.05) is 12.1 Å². The van der Waals surface area contributed by atoms with Crippen molar-refractivity contribution in [3.8, 4) is 0 Å². The fourth-order valence-corrected chi connectivity index (χ4v) is 4.42. The normalized spacial score (nSPS) is 32.1. The molecule has 2 heterocycles. The number of hydrogen-bond acceptors (Lipinski definition) is 2. The molecule has 0 radical (unpaired) electrons. The van der Waals surface area contributed by atoms with E-state index in [-0.39, 0.29) is 0 Å². The zero-order valence-electron chi connectivity index (χ0n) is 13.8. The lowest BCUT2D eigenvalue weighted by molar-refractivity contribution is -0.0133. The van der Waals surface area contributed by atoms with Crippen molar-refractivity contribution >= 4 is 0 Å². The summed E-state index contributed by atoms with van der Waals surface area (Å²) in [5.41, 5.74) is 3.28. The highest BCUT2D eigenvalue weighted by molar-refractivity contribution is 5.44. The van der Waals surface area contributed by atoms with E-state index in [1.165, 1.54) is 29.5 Å². The zero-order chi connectivity index (χ0) is 15.2. The molecule has 1 aromatic carbocycles. The van der Waals surface area contributed by atoms with Crippen molar-refractivity contribution in [1.82, 2.24) is 5.32 Å². The van der Waals surface area contributed by atoms with Crippen LogP contribution in [-0.2, 0) is 5.60 Å². The van der Waals surface area contributed by atoms with Crippen molar-refractivity contribution in [3.63, 3.8) is 0 Å². The lowest BCUT2D eigenvalue weighted by Gasteiger charge is -2.41. The van der Waals surface area contributed by atoms with E-state index in [0.717, 1.165) is 12.8 Å². The largest absolute Gasteiger partial charge is 0.385 e. The van der Waals surface area contributed by atoms with Gasteiger partial charge in [0.2, 0.25) is 0 Å². The molecule has 2 heteroatoms. The molecule has 2 N–H and O–H groups in total. The molecular weight excluding hydrogens is 258 g/mol. The van der Waals surface area contributed by atoms with Crippen LogP contribution in [0, 0.1) is 0 Å². The van der Waals surface area contributed by atoms with Gasteiger partial charge in [-0.2, -0.15) is 0 Å². The number of benzene rings is 1. The first-order valence-corrected chi connectivity index (χ1v) is 8.52. The molecule has 0 aliphatic carbocycles. The zero-order valence-corrected chi connectivity index (χ0v) is 13.8. The number of nitrogens with one attached hydrogen (secondary N) is 1. The van der Waals surface area contributed by atoms with Gasteiger partial charge in [-0.15, -0.1) is 0 Å². The molecule has 0 saturated carbocycles. The van der Waals surface area contributed by atoms with Crippen molar-refractivity contribution < 1.29 is 5.11 Å². The van der Waals surface area contributed by atoms with Crippen LogP contribution in [0.2, 0.25) is 0 Å². The van der Waals surface area contributed by atoms with E-state index in [9.17, 15) is 5.11 Å². The third-order valence-corrected chi connectivity index (χ3v) is 5.34. The summed E-state index contributed by atoms with van der Waals surface area (Å²) >= 11 is 0. The van der Waals surface area contributed by atoms with Crippen molar-refractivity contribution in [2.75, 3.05) is 0 Å². The molecule has 116 valence electrons. The van der Waals surface area contributed by atoms with Gasteiger partial charge in [-0.05, 0) is 54.2 Å². The van der Waals surface area contributed by atoms with Gasteiger partial charge in [-0.25, -0.2) is 0 Å². The topological polar surface area (TPSA) is 32.3 Å². The van der Waals surface area contributed by atoms with E-state index in [0.29, 0.717) is 23.9 Å². The predicted molar refractivity (Wildman–Crippen MR) is 87.7 cm³/mol. The maximum atomic E-state index is 11.5. The molecule has 2 bridgehead atoms. The second-order valence-electron chi connectivity index (χ2n) is 7.70. The number of fused-ring (bicyclic) bond motifs is 2. The Morgan fingerprint density at radius 1 is 1.00 bits per heavy atom. The Balaban J connectivity index is 2.11. The van der Waals surface area contributed by atoms with E-state index in [1.54, 1.807) is 0 Å². The third kappa shape index (κ3) is 2.64. The van der Waals surface area contributed by atoms with Gasteiger partial charge >= 0.3 is 0 Å². The Kier molecular flexibility index (Phi) is 3.87. The molecule has 1 aromatic rings. The molecule has 2 aliphatic rings. The fraction of sp³-hybridized carbons (Fsp3) is 0.684. The van der Waals surface area contributed by atoms with Crippen LogP contribution in [0.4, 0.5) is 0 Å². The fourth-order valence-electron chi connectivity index (χ4n) is 4.42. The minimum absolute atomic E-state index is 0.454. The SMILES string of the molecule is CC(C)c1cccc(C(C)C)c1C1(O)CC2CCC(C1)N2. The number of piperidine rings is 1. The highest BCUT2D eigenvalue weighted by Gasteiger charge is 2.45. The number of hydrogen-bond donors (Lipinski definition) is 2. The smallest absolute Gasteiger partial charge is 0.0931 e. The second kappa shape index (κ2) is 5.40. The molecule has 2 aliphatic heterocycles. The average Bonchev–Trinajstić information content (AvgIpc) is 2.77. The molecule has 0 aromatic heterocycles. The van der Waals surface area contributed by atoms with E-state index < -0.39 is 5.60 Å². The first-order valence-electron chi connectivity index (χ1n) is 8.52. The summed E-state index contributed by atoms with van der Waals surface area (Å²) in [6.45, 7) is 8.95. The average molecular weight is 287 g/mol. The summed E-state index contributed by atoms with van der Waals surface area (Å²) in [6, 6.07) is 7.58. The van der Waals surface area contributed by atoms with Gasteiger partial charge in [0.05, 0.1) is 5.60 Å². The molecule has 2 nitrogen and oxygen atoms in total. The molecule has 2 atom stereocenters. The summed E-state index contributed by atoms with van der Waals surface area (Å²) in [5, 5.41) is 15.2. The molecule has 2 saturated heterocycles. The van der Waals surface area contributed by atoms with E-state index in [2.05, 4.69) is 51.2 Å². The molecule has 0 amide bonds. The van der Waals surface area contributed by atoms with Crippen LogP contribution in [0.1, 0.15) is 81.9 Å². The first-order chi connectivity index (χ1) is 9.90. The second-order valence-corrected chi connectivity index (χ2v) is 7.70. The van der Waals surface area contributed by atoms with Gasteiger partial charge in [-0.1, -0.05) is 45.9 Å². The summed E-state index contributed by atoms with van der Waals surface area (Å²) in [6.07, 6.45) is 4.17. The van der Waals surface area contributed by atoms with Crippen LogP contribution in [0.25, 0.3) is 0 Å². The van der Waals surface area contributed by atoms with Crippen molar-refractivity contribution in [1.29, 1.82) is 0 Å². The number of aliphatic hydroxyl groups is 1. The van der Waals surface area contributed by atoms with Gasteiger partial charge in [0.15, 0.2) is 0 Å². The van der Waals surface area contributed by atoms with Crippen LogP contribution in [-0.4, -0.2) is 17.2 Å². The first kappa shape index (κ1) is 15.1. The van der Waals surface area contributed by atoms with Crippen molar-refractivity contribution in [2.45, 2.75) is 82.9 Å². The van der Waals surface area contributed by atoms with Crippen LogP contribution in [0.5, 0.6) is 0 Å². The summed E-state index contributed by atoms with van der Waals surface area (Å²) < 4.78 is 0. The predicted octanol–water partition coefficient (Wildman–Crippen LogP) is 4.04. The lowest BCUT2D eigenvalue weighted by Crippen LogP contribution is -2.47. The van der Waals surface area contributed by atoms with Gasteiger partial charge in [-0.3, -0.25) is 0 Å². The van der Waals surface area contributed by atoms with Crippen molar-refractivity contribution in [3.05, 3.63) is 34.9 Å². The molecule has 21 heavy (non-hydrogen) atoms. The maximum absolute atomic E-state index is 11.5. The lowest BCUT2D eigenvalue weighted by atomic mass is 9.73. The number of rotatable bonds is 3. The Morgan fingerprint density at radius 2 is 1.48 bits per heavy atom. The molecule has 0 spiro atoms. The monoisotopic (exact) mass is 287 g/mol. The molecule has 3 rings (SSSR count). The van der Waals surface area contributed by atoms with Crippen LogP contribution in [0.3, 0.4) is 0 Å². The standard InChI is InChI=1S/C19H29NO/c1-12(2)16-6-5-7-17(13(3)4)18(16)19(21)10-14-8-9-15(11-19)20-14/h5-7,12-15,20-21H,8-11H2,1-4H3.